The maximum atomic E-state index is 6.09. The average Bonchev–Trinajstić information content (AvgIpc) is 2.79. The molecule has 1 N–H and O–H groups in total. The zero-order chi connectivity index (χ0) is 13.7. The van der Waals surface area contributed by atoms with Crippen molar-refractivity contribution >= 4 is 11.6 Å². The van der Waals surface area contributed by atoms with E-state index in [0.717, 1.165) is 18.7 Å². The van der Waals surface area contributed by atoms with Crippen LogP contribution in [0.1, 0.15) is 19.0 Å². The molecule has 7 heteroatoms. The van der Waals surface area contributed by atoms with Crippen LogP contribution in [-0.4, -0.2) is 26.3 Å². The van der Waals surface area contributed by atoms with Crippen molar-refractivity contribution in [3.63, 3.8) is 0 Å². The zero-order valence-electron chi connectivity index (χ0n) is 10.9. The molecule has 19 heavy (non-hydrogen) atoms. The largest absolute Gasteiger partial charge is 0.404 e. The summed E-state index contributed by atoms with van der Waals surface area (Å²) in [7, 11) is 1.77. The number of aromatic nitrogens is 4. The summed E-state index contributed by atoms with van der Waals surface area (Å²) in [4.78, 5) is 8.32. The van der Waals surface area contributed by atoms with Crippen molar-refractivity contribution in [3.8, 4) is 11.9 Å². The minimum absolute atomic E-state index is 0.268. The molecule has 6 nitrogen and oxygen atoms in total. The summed E-state index contributed by atoms with van der Waals surface area (Å²) in [6.45, 7) is 3.64. The Morgan fingerprint density at radius 1 is 1.42 bits per heavy atom. The summed E-state index contributed by atoms with van der Waals surface area (Å²) in [5.41, 5.74) is 0.753. The SMILES string of the molecule is CCCNCc1nc(Oc2ncn(C)n2)ccc1Cl. The Morgan fingerprint density at radius 2 is 2.26 bits per heavy atom. The monoisotopic (exact) mass is 281 g/mol. The fourth-order valence-corrected chi connectivity index (χ4v) is 1.66. The van der Waals surface area contributed by atoms with Gasteiger partial charge in [0.05, 0.1) is 10.7 Å². The number of pyridine rings is 1. The Kier molecular flexibility index (Phi) is 4.70. The van der Waals surface area contributed by atoms with Crippen LogP contribution < -0.4 is 10.1 Å². The van der Waals surface area contributed by atoms with Gasteiger partial charge in [0.25, 0.3) is 0 Å². The minimum Gasteiger partial charge on any atom is -0.404 e. The van der Waals surface area contributed by atoms with Crippen LogP contribution in [0.4, 0.5) is 0 Å². The Hall–Kier alpha value is -1.66. The van der Waals surface area contributed by atoms with E-state index in [0.29, 0.717) is 17.4 Å². The number of halogens is 1. The second kappa shape index (κ2) is 6.49. The van der Waals surface area contributed by atoms with E-state index in [1.54, 1.807) is 30.2 Å². The highest BCUT2D eigenvalue weighted by atomic mass is 35.5. The highest BCUT2D eigenvalue weighted by Gasteiger charge is 2.07. The van der Waals surface area contributed by atoms with Crippen molar-refractivity contribution in [2.24, 2.45) is 7.05 Å². The maximum absolute atomic E-state index is 6.09. The van der Waals surface area contributed by atoms with E-state index in [1.807, 2.05) is 0 Å². The van der Waals surface area contributed by atoms with Crippen molar-refractivity contribution in [2.45, 2.75) is 19.9 Å². The molecule has 0 aliphatic heterocycles. The third-order valence-corrected chi connectivity index (χ3v) is 2.73. The summed E-state index contributed by atoms with van der Waals surface area (Å²) < 4.78 is 7.03. The van der Waals surface area contributed by atoms with Crippen LogP contribution in [0.25, 0.3) is 0 Å². The molecule has 0 atom stereocenters. The molecular formula is C12H16ClN5O. The fraction of sp³-hybridized carbons (Fsp3) is 0.417. The molecule has 0 bridgehead atoms. The van der Waals surface area contributed by atoms with E-state index in [-0.39, 0.29) is 6.01 Å². The predicted molar refractivity (Wildman–Crippen MR) is 72.3 cm³/mol. The van der Waals surface area contributed by atoms with Gasteiger partial charge in [0.15, 0.2) is 0 Å². The standard InChI is InChI=1S/C12H16ClN5O/c1-3-6-14-7-10-9(13)4-5-11(16-10)19-12-15-8-18(2)17-12/h4-5,8,14H,3,6-7H2,1-2H3. The van der Waals surface area contributed by atoms with E-state index in [4.69, 9.17) is 16.3 Å². The van der Waals surface area contributed by atoms with Gasteiger partial charge >= 0.3 is 6.01 Å². The summed E-state index contributed by atoms with van der Waals surface area (Å²) in [6.07, 6.45) is 2.63. The molecule has 0 radical (unpaired) electrons. The first kappa shape index (κ1) is 13.8. The normalized spacial score (nSPS) is 10.7. The molecule has 2 aromatic rings. The maximum Gasteiger partial charge on any atom is 0.342 e. The lowest BCUT2D eigenvalue weighted by atomic mass is 10.3. The van der Waals surface area contributed by atoms with Crippen molar-refractivity contribution in [3.05, 3.63) is 29.2 Å². The quantitative estimate of drug-likeness (QED) is 0.822. The van der Waals surface area contributed by atoms with Gasteiger partial charge in [0.2, 0.25) is 5.88 Å². The van der Waals surface area contributed by atoms with Crippen LogP contribution in [0.2, 0.25) is 5.02 Å². The van der Waals surface area contributed by atoms with Crippen molar-refractivity contribution in [1.29, 1.82) is 0 Å². The summed E-state index contributed by atoms with van der Waals surface area (Å²) >= 11 is 6.09. The van der Waals surface area contributed by atoms with E-state index in [2.05, 4.69) is 27.3 Å². The van der Waals surface area contributed by atoms with Crippen molar-refractivity contribution in [1.82, 2.24) is 25.1 Å². The lowest BCUT2D eigenvalue weighted by molar-refractivity contribution is 0.420. The Bertz CT molecular complexity index is 543. The fourth-order valence-electron chi connectivity index (χ4n) is 1.49. The summed E-state index contributed by atoms with van der Waals surface area (Å²) in [5, 5.41) is 7.89. The third kappa shape index (κ3) is 3.90. The lowest BCUT2D eigenvalue weighted by Gasteiger charge is -2.07. The summed E-state index contributed by atoms with van der Waals surface area (Å²) in [6, 6.07) is 3.72. The topological polar surface area (TPSA) is 64.9 Å². The van der Waals surface area contributed by atoms with Crippen LogP contribution >= 0.6 is 11.6 Å². The van der Waals surface area contributed by atoms with Gasteiger partial charge in [-0.15, -0.1) is 5.10 Å². The Balaban J connectivity index is 2.07. The molecule has 2 aromatic heterocycles. The molecule has 0 saturated heterocycles. The first-order chi connectivity index (χ1) is 9.19. The van der Waals surface area contributed by atoms with Crippen LogP contribution in [0.3, 0.4) is 0 Å². The number of nitrogens with one attached hydrogen (secondary N) is 1. The molecule has 0 aliphatic rings. The molecule has 0 aromatic carbocycles. The van der Waals surface area contributed by atoms with E-state index in [9.17, 15) is 0 Å². The number of hydrogen-bond donors (Lipinski definition) is 1. The molecule has 0 aliphatic carbocycles. The van der Waals surface area contributed by atoms with Gasteiger partial charge in [-0.05, 0) is 19.0 Å². The predicted octanol–water partition coefficient (Wildman–Crippen LogP) is 2.16. The molecule has 0 fully saturated rings. The smallest absolute Gasteiger partial charge is 0.342 e. The van der Waals surface area contributed by atoms with E-state index < -0.39 is 0 Å². The Morgan fingerprint density at radius 3 is 2.95 bits per heavy atom. The molecular weight excluding hydrogens is 266 g/mol. The summed E-state index contributed by atoms with van der Waals surface area (Å²) in [5.74, 6) is 0.434. The van der Waals surface area contributed by atoms with Gasteiger partial charge in [0, 0.05) is 19.7 Å². The van der Waals surface area contributed by atoms with Crippen LogP contribution in [0.5, 0.6) is 11.9 Å². The van der Waals surface area contributed by atoms with E-state index in [1.165, 1.54) is 0 Å². The molecule has 0 spiro atoms. The molecule has 0 unspecified atom stereocenters. The molecule has 0 saturated carbocycles. The number of rotatable bonds is 6. The zero-order valence-corrected chi connectivity index (χ0v) is 11.7. The first-order valence-electron chi connectivity index (χ1n) is 6.08. The number of ether oxygens (including phenoxy) is 1. The third-order valence-electron chi connectivity index (χ3n) is 2.39. The Labute approximate surface area is 116 Å². The second-order valence-electron chi connectivity index (χ2n) is 4.06. The van der Waals surface area contributed by atoms with Gasteiger partial charge in [-0.1, -0.05) is 18.5 Å². The van der Waals surface area contributed by atoms with Crippen molar-refractivity contribution in [2.75, 3.05) is 6.54 Å². The highest BCUT2D eigenvalue weighted by Crippen LogP contribution is 2.20. The molecule has 2 rings (SSSR count). The first-order valence-corrected chi connectivity index (χ1v) is 6.46. The van der Waals surface area contributed by atoms with Gasteiger partial charge in [0.1, 0.15) is 6.33 Å². The van der Waals surface area contributed by atoms with E-state index >= 15 is 0 Å². The number of aryl methyl sites for hydroxylation is 1. The lowest BCUT2D eigenvalue weighted by Crippen LogP contribution is -2.15. The number of hydrogen-bond acceptors (Lipinski definition) is 5. The van der Waals surface area contributed by atoms with Crippen molar-refractivity contribution < 1.29 is 4.74 Å². The number of nitrogens with zero attached hydrogens (tertiary/aromatic N) is 4. The molecule has 2 heterocycles. The van der Waals surface area contributed by atoms with Gasteiger partial charge < -0.3 is 10.1 Å². The van der Waals surface area contributed by atoms with Crippen LogP contribution in [0.15, 0.2) is 18.5 Å². The van der Waals surface area contributed by atoms with Gasteiger partial charge in [-0.25, -0.2) is 4.98 Å². The van der Waals surface area contributed by atoms with Crippen LogP contribution in [0, 0.1) is 0 Å². The van der Waals surface area contributed by atoms with Gasteiger partial charge in [-0.3, -0.25) is 4.68 Å². The second-order valence-corrected chi connectivity index (χ2v) is 4.46. The highest BCUT2D eigenvalue weighted by molar-refractivity contribution is 6.31. The van der Waals surface area contributed by atoms with Crippen LogP contribution in [-0.2, 0) is 13.6 Å². The molecule has 0 amide bonds. The van der Waals surface area contributed by atoms with Gasteiger partial charge in [-0.2, -0.15) is 4.98 Å². The molecule has 102 valence electrons. The average molecular weight is 282 g/mol. The minimum atomic E-state index is 0.268.